The van der Waals surface area contributed by atoms with Crippen molar-refractivity contribution in [3.8, 4) is 12.3 Å². The molecule has 0 spiro atoms. The smallest absolute Gasteiger partial charge is 0.223 e. The van der Waals surface area contributed by atoms with Gasteiger partial charge in [0.25, 0.3) is 0 Å². The van der Waals surface area contributed by atoms with Gasteiger partial charge in [0.1, 0.15) is 0 Å². The SMILES string of the molecule is C#CCNC(=O)C1CCC(C(N)=O)C1. The Balaban J connectivity index is 2.38. The second-order valence-electron chi connectivity index (χ2n) is 3.53. The van der Waals surface area contributed by atoms with Crippen LogP contribution in [0.4, 0.5) is 0 Å². The van der Waals surface area contributed by atoms with Crippen molar-refractivity contribution in [1.29, 1.82) is 0 Å². The first-order valence-electron chi connectivity index (χ1n) is 4.65. The van der Waals surface area contributed by atoms with Crippen molar-refractivity contribution in [3.63, 3.8) is 0 Å². The van der Waals surface area contributed by atoms with Gasteiger partial charge < -0.3 is 11.1 Å². The van der Waals surface area contributed by atoms with Gasteiger partial charge in [0.15, 0.2) is 0 Å². The Morgan fingerprint density at radius 2 is 2.07 bits per heavy atom. The zero-order valence-corrected chi connectivity index (χ0v) is 7.95. The highest BCUT2D eigenvalue weighted by Crippen LogP contribution is 2.30. The summed E-state index contributed by atoms with van der Waals surface area (Å²) in [7, 11) is 0. The van der Waals surface area contributed by atoms with Gasteiger partial charge in [0.2, 0.25) is 11.8 Å². The lowest BCUT2D eigenvalue weighted by molar-refractivity contribution is -0.125. The van der Waals surface area contributed by atoms with E-state index in [1.807, 2.05) is 0 Å². The van der Waals surface area contributed by atoms with E-state index in [-0.39, 0.29) is 30.2 Å². The highest BCUT2D eigenvalue weighted by Gasteiger charge is 2.32. The molecule has 0 aromatic carbocycles. The lowest BCUT2D eigenvalue weighted by atomic mass is 10.0. The summed E-state index contributed by atoms with van der Waals surface area (Å²) in [6.45, 7) is 0.247. The number of carbonyl (C=O) groups excluding carboxylic acids is 2. The van der Waals surface area contributed by atoms with E-state index in [2.05, 4.69) is 11.2 Å². The number of amides is 2. The quantitative estimate of drug-likeness (QED) is 0.602. The van der Waals surface area contributed by atoms with Crippen LogP contribution in [-0.4, -0.2) is 18.4 Å². The molecule has 2 unspecified atom stereocenters. The number of nitrogens with one attached hydrogen (secondary N) is 1. The van der Waals surface area contributed by atoms with Gasteiger partial charge in [-0.1, -0.05) is 5.92 Å². The van der Waals surface area contributed by atoms with Gasteiger partial charge in [0, 0.05) is 11.8 Å². The summed E-state index contributed by atoms with van der Waals surface area (Å²) in [6, 6.07) is 0. The van der Waals surface area contributed by atoms with Gasteiger partial charge in [-0.3, -0.25) is 9.59 Å². The molecule has 14 heavy (non-hydrogen) atoms. The Bertz CT molecular complexity index is 280. The molecule has 3 N–H and O–H groups in total. The fraction of sp³-hybridized carbons (Fsp3) is 0.600. The van der Waals surface area contributed by atoms with Gasteiger partial charge >= 0.3 is 0 Å². The van der Waals surface area contributed by atoms with Crippen LogP contribution in [0.1, 0.15) is 19.3 Å². The van der Waals surface area contributed by atoms with Crippen molar-refractivity contribution >= 4 is 11.8 Å². The maximum absolute atomic E-state index is 11.4. The zero-order valence-electron chi connectivity index (χ0n) is 7.95. The molecule has 4 heteroatoms. The lowest BCUT2D eigenvalue weighted by Gasteiger charge is -2.08. The number of carbonyl (C=O) groups is 2. The number of rotatable bonds is 3. The monoisotopic (exact) mass is 194 g/mol. The average Bonchev–Trinajstić information content (AvgIpc) is 2.62. The third-order valence-electron chi connectivity index (χ3n) is 2.57. The number of terminal acetylenes is 1. The maximum Gasteiger partial charge on any atom is 0.223 e. The minimum absolute atomic E-state index is 0.0632. The van der Waals surface area contributed by atoms with Crippen LogP contribution >= 0.6 is 0 Å². The van der Waals surface area contributed by atoms with Crippen LogP contribution < -0.4 is 11.1 Å². The third kappa shape index (κ3) is 2.49. The molecule has 2 atom stereocenters. The molecule has 2 amide bonds. The standard InChI is InChI=1S/C10H14N2O2/c1-2-5-12-10(14)8-4-3-7(6-8)9(11)13/h1,7-8H,3-6H2,(H2,11,13)(H,12,14). The van der Waals surface area contributed by atoms with Crippen LogP contribution in [0.25, 0.3) is 0 Å². The predicted octanol–water partition coefficient (Wildman–Crippen LogP) is -0.363. The molecule has 1 saturated carbocycles. The molecule has 1 aliphatic rings. The van der Waals surface area contributed by atoms with Crippen LogP contribution in [0, 0.1) is 24.2 Å². The lowest BCUT2D eigenvalue weighted by Crippen LogP contribution is -2.30. The molecule has 1 aliphatic carbocycles. The van der Waals surface area contributed by atoms with Gasteiger partial charge in [-0.2, -0.15) is 0 Å². The van der Waals surface area contributed by atoms with Crippen molar-refractivity contribution in [2.45, 2.75) is 19.3 Å². The molecule has 0 radical (unpaired) electrons. The molecule has 0 saturated heterocycles. The molecule has 0 heterocycles. The number of hydrogen-bond donors (Lipinski definition) is 2. The predicted molar refractivity (Wildman–Crippen MR) is 51.9 cm³/mol. The molecule has 0 bridgehead atoms. The van der Waals surface area contributed by atoms with E-state index >= 15 is 0 Å². The van der Waals surface area contributed by atoms with E-state index in [0.29, 0.717) is 12.8 Å². The van der Waals surface area contributed by atoms with E-state index in [1.54, 1.807) is 0 Å². The summed E-state index contributed by atoms with van der Waals surface area (Å²) in [5, 5.41) is 2.61. The summed E-state index contributed by atoms with van der Waals surface area (Å²) >= 11 is 0. The summed E-state index contributed by atoms with van der Waals surface area (Å²) in [5.74, 6) is 1.72. The average molecular weight is 194 g/mol. The van der Waals surface area contributed by atoms with E-state index in [1.165, 1.54) is 0 Å². The van der Waals surface area contributed by atoms with Crippen molar-refractivity contribution < 1.29 is 9.59 Å². The summed E-state index contributed by atoms with van der Waals surface area (Å²) in [6.07, 6.45) is 7.01. The van der Waals surface area contributed by atoms with E-state index in [0.717, 1.165) is 6.42 Å². The van der Waals surface area contributed by atoms with Crippen molar-refractivity contribution in [2.24, 2.45) is 17.6 Å². The molecule has 0 aromatic rings. The molecule has 1 fully saturated rings. The van der Waals surface area contributed by atoms with Crippen LogP contribution in [0.15, 0.2) is 0 Å². The summed E-state index contributed by atoms with van der Waals surface area (Å²) in [5.41, 5.74) is 5.16. The molecular weight excluding hydrogens is 180 g/mol. The largest absolute Gasteiger partial charge is 0.369 e. The van der Waals surface area contributed by atoms with Crippen LogP contribution in [0.2, 0.25) is 0 Å². The van der Waals surface area contributed by atoms with Gasteiger partial charge in [-0.15, -0.1) is 6.42 Å². The molecule has 4 nitrogen and oxygen atoms in total. The molecule has 1 rings (SSSR count). The van der Waals surface area contributed by atoms with E-state index in [4.69, 9.17) is 12.2 Å². The number of primary amides is 1. The highest BCUT2D eigenvalue weighted by atomic mass is 16.2. The summed E-state index contributed by atoms with van der Waals surface area (Å²) in [4.78, 5) is 22.3. The Labute approximate surface area is 83.2 Å². The number of hydrogen-bond acceptors (Lipinski definition) is 2. The van der Waals surface area contributed by atoms with Crippen molar-refractivity contribution in [2.75, 3.05) is 6.54 Å². The second kappa shape index (κ2) is 4.66. The van der Waals surface area contributed by atoms with Gasteiger partial charge in [0.05, 0.1) is 6.54 Å². The molecule has 0 aliphatic heterocycles. The van der Waals surface area contributed by atoms with Gasteiger partial charge in [-0.25, -0.2) is 0 Å². The van der Waals surface area contributed by atoms with Crippen LogP contribution in [0.5, 0.6) is 0 Å². The topological polar surface area (TPSA) is 72.2 Å². The molecule has 0 aromatic heterocycles. The molecular formula is C10H14N2O2. The Morgan fingerprint density at radius 1 is 1.43 bits per heavy atom. The Hall–Kier alpha value is -1.50. The molecule has 76 valence electrons. The Morgan fingerprint density at radius 3 is 2.57 bits per heavy atom. The fourth-order valence-corrected chi connectivity index (χ4v) is 1.76. The normalized spacial score (nSPS) is 25.4. The second-order valence-corrected chi connectivity index (χ2v) is 3.53. The van der Waals surface area contributed by atoms with Gasteiger partial charge in [-0.05, 0) is 19.3 Å². The highest BCUT2D eigenvalue weighted by molar-refractivity contribution is 5.82. The first-order valence-corrected chi connectivity index (χ1v) is 4.65. The number of nitrogens with two attached hydrogens (primary N) is 1. The Kier molecular flexibility index (Phi) is 3.52. The van der Waals surface area contributed by atoms with E-state index in [9.17, 15) is 9.59 Å². The maximum atomic E-state index is 11.4. The van der Waals surface area contributed by atoms with Crippen LogP contribution in [0.3, 0.4) is 0 Å². The van der Waals surface area contributed by atoms with E-state index < -0.39 is 0 Å². The van der Waals surface area contributed by atoms with Crippen molar-refractivity contribution in [1.82, 2.24) is 5.32 Å². The minimum atomic E-state index is -0.308. The fourth-order valence-electron chi connectivity index (χ4n) is 1.76. The third-order valence-corrected chi connectivity index (χ3v) is 2.57. The first-order chi connectivity index (χ1) is 6.65. The first kappa shape index (κ1) is 10.6. The zero-order chi connectivity index (χ0) is 10.6. The van der Waals surface area contributed by atoms with Crippen LogP contribution in [-0.2, 0) is 9.59 Å². The minimum Gasteiger partial charge on any atom is -0.369 e. The van der Waals surface area contributed by atoms with Crippen molar-refractivity contribution in [3.05, 3.63) is 0 Å². The summed E-state index contributed by atoms with van der Waals surface area (Å²) < 4.78 is 0.